The molecule has 5 heteroatoms. The molecular formula is C14H19NO3S. The molecule has 1 aromatic carbocycles. The molecule has 104 valence electrons. The maximum Gasteiger partial charge on any atom is 0.327 e. The molecule has 1 aliphatic rings. The Morgan fingerprint density at radius 2 is 2.21 bits per heavy atom. The Balaban J connectivity index is 2.04. The molecule has 19 heavy (non-hydrogen) atoms. The first-order valence-electron chi connectivity index (χ1n) is 6.24. The minimum Gasteiger partial charge on any atom is -0.497 e. The summed E-state index contributed by atoms with van der Waals surface area (Å²) < 4.78 is 10.0. The largest absolute Gasteiger partial charge is 0.497 e. The molecule has 0 amide bonds. The number of methoxy groups -OCH3 is 2. The first-order chi connectivity index (χ1) is 9.10. The zero-order valence-corrected chi connectivity index (χ0v) is 12.0. The third-order valence-electron chi connectivity index (χ3n) is 3.39. The first kappa shape index (κ1) is 14.2. The van der Waals surface area contributed by atoms with Gasteiger partial charge in [-0.1, -0.05) is 6.07 Å². The smallest absolute Gasteiger partial charge is 0.327 e. The lowest BCUT2D eigenvalue weighted by atomic mass is 9.97. The zero-order valence-electron chi connectivity index (χ0n) is 11.2. The number of hydrogen-bond acceptors (Lipinski definition) is 5. The highest BCUT2D eigenvalue weighted by Gasteiger charge is 2.48. The van der Waals surface area contributed by atoms with Crippen molar-refractivity contribution in [3.05, 3.63) is 24.3 Å². The van der Waals surface area contributed by atoms with E-state index < -0.39 is 5.54 Å². The molecule has 0 spiro atoms. The van der Waals surface area contributed by atoms with Crippen molar-refractivity contribution in [3.8, 4) is 5.75 Å². The summed E-state index contributed by atoms with van der Waals surface area (Å²) in [7, 11) is 3.03. The highest BCUT2D eigenvalue weighted by molar-refractivity contribution is 7.99. The van der Waals surface area contributed by atoms with Crippen LogP contribution in [0.25, 0.3) is 0 Å². The van der Waals surface area contributed by atoms with Gasteiger partial charge in [-0.25, -0.2) is 0 Å². The van der Waals surface area contributed by atoms with Crippen molar-refractivity contribution in [2.75, 3.05) is 20.0 Å². The van der Waals surface area contributed by atoms with E-state index in [4.69, 9.17) is 15.2 Å². The average Bonchev–Trinajstić information content (AvgIpc) is 3.29. The zero-order chi connectivity index (χ0) is 13.9. The molecule has 4 nitrogen and oxygen atoms in total. The van der Waals surface area contributed by atoms with Crippen LogP contribution >= 0.6 is 11.8 Å². The van der Waals surface area contributed by atoms with Gasteiger partial charge >= 0.3 is 5.97 Å². The van der Waals surface area contributed by atoms with Crippen LogP contribution in [0.2, 0.25) is 0 Å². The summed E-state index contributed by atoms with van der Waals surface area (Å²) >= 11 is 1.56. The lowest BCUT2D eigenvalue weighted by molar-refractivity contribution is -0.146. The van der Waals surface area contributed by atoms with Crippen LogP contribution in [0.3, 0.4) is 0 Å². The van der Waals surface area contributed by atoms with Gasteiger partial charge in [-0.05, 0) is 37.0 Å². The van der Waals surface area contributed by atoms with E-state index in [2.05, 4.69) is 0 Å². The van der Waals surface area contributed by atoms with Crippen molar-refractivity contribution in [1.29, 1.82) is 0 Å². The van der Waals surface area contributed by atoms with Crippen molar-refractivity contribution in [3.63, 3.8) is 0 Å². The monoisotopic (exact) mass is 281 g/mol. The fourth-order valence-electron chi connectivity index (χ4n) is 2.03. The van der Waals surface area contributed by atoms with Crippen LogP contribution in [-0.2, 0) is 9.53 Å². The van der Waals surface area contributed by atoms with Gasteiger partial charge in [0.2, 0.25) is 0 Å². The van der Waals surface area contributed by atoms with E-state index >= 15 is 0 Å². The second-order valence-electron chi connectivity index (χ2n) is 4.77. The van der Waals surface area contributed by atoms with E-state index in [0.29, 0.717) is 5.75 Å². The summed E-state index contributed by atoms with van der Waals surface area (Å²) in [6.45, 7) is 0. The number of rotatable bonds is 6. The topological polar surface area (TPSA) is 61.5 Å². The Bertz CT molecular complexity index is 462. The molecule has 0 aromatic heterocycles. The van der Waals surface area contributed by atoms with Gasteiger partial charge in [0.05, 0.1) is 14.2 Å². The van der Waals surface area contributed by atoms with Gasteiger partial charge in [-0.3, -0.25) is 4.79 Å². The summed E-state index contributed by atoms with van der Waals surface area (Å²) in [5, 5.41) is 0. The van der Waals surface area contributed by atoms with Gasteiger partial charge < -0.3 is 15.2 Å². The predicted octanol–water partition coefficient (Wildman–Crippen LogP) is 2.07. The van der Waals surface area contributed by atoms with Gasteiger partial charge in [0.1, 0.15) is 11.3 Å². The van der Waals surface area contributed by atoms with Crippen molar-refractivity contribution in [1.82, 2.24) is 0 Å². The number of thioether (sulfide) groups is 1. The Morgan fingerprint density at radius 1 is 1.47 bits per heavy atom. The maximum absolute atomic E-state index is 11.9. The van der Waals surface area contributed by atoms with Crippen molar-refractivity contribution >= 4 is 17.7 Å². The Labute approximate surface area is 117 Å². The minimum atomic E-state index is -0.873. The third-order valence-corrected chi connectivity index (χ3v) is 4.60. The Morgan fingerprint density at radius 3 is 2.79 bits per heavy atom. The molecule has 1 fully saturated rings. The number of benzene rings is 1. The SMILES string of the molecule is COC(=O)C(N)(CSc1cccc(OC)c1)C1CC1. The number of nitrogens with two attached hydrogens (primary N) is 1. The standard InChI is InChI=1S/C14H19NO3S/c1-17-11-4-3-5-12(8-11)19-9-14(15,10-6-7-10)13(16)18-2/h3-5,8,10H,6-7,9,15H2,1-2H3. The summed E-state index contributed by atoms with van der Waals surface area (Å²) in [6, 6.07) is 7.74. The molecule has 0 radical (unpaired) electrons. The Hall–Kier alpha value is -1.20. The normalized spacial score (nSPS) is 17.6. The van der Waals surface area contributed by atoms with E-state index in [0.717, 1.165) is 23.5 Å². The highest BCUT2D eigenvalue weighted by Crippen LogP contribution is 2.41. The molecule has 1 unspecified atom stereocenters. The molecule has 0 heterocycles. The lowest BCUT2D eigenvalue weighted by Crippen LogP contribution is -2.53. The van der Waals surface area contributed by atoms with Gasteiger partial charge in [-0.2, -0.15) is 0 Å². The molecule has 2 N–H and O–H groups in total. The number of carbonyl (C=O) groups is 1. The average molecular weight is 281 g/mol. The number of ether oxygens (including phenoxy) is 2. The quantitative estimate of drug-likeness (QED) is 0.639. The van der Waals surface area contributed by atoms with Crippen LogP contribution in [0, 0.1) is 5.92 Å². The van der Waals surface area contributed by atoms with Gasteiger partial charge in [0, 0.05) is 10.6 Å². The lowest BCUT2D eigenvalue weighted by Gasteiger charge is -2.26. The second kappa shape index (κ2) is 5.84. The Kier molecular flexibility index (Phi) is 4.37. The second-order valence-corrected chi connectivity index (χ2v) is 5.82. The molecule has 1 atom stereocenters. The number of hydrogen-bond donors (Lipinski definition) is 1. The van der Waals surface area contributed by atoms with E-state index in [-0.39, 0.29) is 11.9 Å². The summed E-state index contributed by atoms with van der Waals surface area (Å²) in [5.74, 6) is 1.26. The molecule has 2 rings (SSSR count). The highest BCUT2D eigenvalue weighted by atomic mass is 32.2. The summed E-state index contributed by atoms with van der Waals surface area (Å²) in [6.07, 6.45) is 2.01. The fraction of sp³-hybridized carbons (Fsp3) is 0.500. The number of carbonyl (C=O) groups excluding carboxylic acids is 1. The van der Waals surface area contributed by atoms with Gasteiger partial charge in [0.25, 0.3) is 0 Å². The van der Waals surface area contributed by atoms with Gasteiger partial charge in [0.15, 0.2) is 0 Å². The predicted molar refractivity (Wildman–Crippen MR) is 75.4 cm³/mol. The molecule has 0 saturated heterocycles. The molecule has 1 saturated carbocycles. The van der Waals surface area contributed by atoms with E-state index in [1.807, 2.05) is 24.3 Å². The van der Waals surface area contributed by atoms with Crippen LogP contribution in [0.1, 0.15) is 12.8 Å². The summed E-state index contributed by atoms with van der Waals surface area (Å²) in [5.41, 5.74) is 5.38. The van der Waals surface area contributed by atoms with Crippen LogP contribution < -0.4 is 10.5 Å². The maximum atomic E-state index is 11.9. The number of esters is 1. The minimum absolute atomic E-state index is 0.248. The van der Waals surface area contributed by atoms with Crippen LogP contribution in [0.5, 0.6) is 5.75 Å². The van der Waals surface area contributed by atoms with E-state index in [1.165, 1.54) is 7.11 Å². The third kappa shape index (κ3) is 3.22. The summed E-state index contributed by atoms with van der Waals surface area (Å²) in [4.78, 5) is 12.9. The van der Waals surface area contributed by atoms with Crippen molar-refractivity contribution in [2.24, 2.45) is 11.7 Å². The fourth-order valence-corrected chi connectivity index (χ4v) is 3.16. The van der Waals surface area contributed by atoms with Crippen LogP contribution in [0.4, 0.5) is 0 Å². The van der Waals surface area contributed by atoms with Crippen LogP contribution in [-0.4, -0.2) is 31.5 Å². The molecule has 0 bridgehead atoms. The molecular weight excluding hydrogens is 262 g/mol. The van der Waals surface area contributed by atoms with Crippen LogP contribution in [0.15, 0.2) is 29.2 Å². The van der Waals surface area contributed by atoms with Gasteiger partial charge in [-0.15, -0.1) is 11.8 Å². The van der Waals surface area contributed by atoms with E-state index in [1.54, 1.807) is 18.9 Å². The molecule has 1 aliphatic carbocycles. The van der Waals surface area contributed by atoms with Crippen molar-refractivity contribution in [2.45, 2.75) is 23.3 Å². The molecule has 1 aromatic rings. The molecule has 0 aliphatic heterocycles. The first-order valence-corrected chi connectivity index (χ1v) is 7.23. The van der Waals surface area contributed by atoms with E-state index in [9.17, 15) is 4.79 Å². The van der Waals surface area contributed by atoms with Crippen molar-refractivity contribution < 1.29 is 14.3 Å².